The van der Waals surface area contributed by atoms with E-state index >= 15 is 0 Å². The highest BCUT2D eigenvalue weighted by Gasteiger charge is 2.37. The van der Waals surface area contributed by atoms with Crippen LogP contribution >= 0.6 is 0 Å². The number of para-hydroxylation sites is 1. The van der Waals surface area contributed by atoms with Crippen LogP contribution in [0.5, 0.6) is 23.0 Å². The summed E-state index contributed by atoms with van der Waals surface area (Å²) in [5.74, 6) is 1.55. The monoisotopic (exact) mass is 302 g/mol. The van der Waals surface area contributed by atoms with Gasteiger partial charge in [-0.3, -0.25) is 0 Å². The van der Waals surface area contributed by atoms with Gasteiger partial charge in [0.05, 0.1) is 26.7 Å². The molecule has 1 aliphatic rings. The molecule has 0 amide bonds. The van der Waals surface area contributed by atoms with Crippen molar-refractivity contribution < 1.29 is 24.4 Å². The zero-order valence-corrected chi connectivity index (χ0v) is 12.4. The lowest BCUT2D eigenvalue weighted by Gasteiger charge is -2.18. The Labute approximate surface area is 128 Å². The molecule has 5 nitrogen and oxygen atoms in total. The van der Waals surface area contributed by atoms with E-state index in [-0.39, 0.29) is 24.4 Å². The van der Waals surface area contributed by atoms with Crippen molar-refractivity contribution in [2.24, 2.45) is 0 Å². The Kier molecular flexibility index (Phi) is 3.81. The molecule has 22 heavy (non-hydrogen) atoms. The molecule has 2 aromatic carbocycles. The SMILES string of the molecule is COc1cc([C@@H]2Oc3c(OC)cccc3[C@@H]2CO)ccc1O. The molecule has 0 aliphatic carbocycles. The van der Waals surface area contributed by atoms with Gasteiger partial charge >= 0.3 is 0 Å². The predicted octanol–water partition coefficient (Wildman–Crippen LogP) is 2.62. The van der Waals surface area contributed by atoms with E-state index in [2.05, 4.69) is 0 Å². The van der Waals surface area contributed by atoms with Gasteiger partial charge in [-0.15, -0.1) is 0 Å². The van der Waals surface area contributed by atoms with Crippen LogP contribution in [0.1, 0.15) is 23.1 Å². The maximum atomic E-state index is 9.79. The standard InChI is InChI=1S/C17H18O5/c1-20-14-5-3-4-11-12(9-18)16(22-17(11)14)10-6-7-13(19)15(8-10)21-2/h3-8,12,16,18-19H,9H2,1-2H3/t12-,16-/m0/s1. The maximum Gasteiger partial charge on any atom is 0.165 e. The topological polar surface area (TPSA) is 68.2 Å². The summed E-state index contributed by atoms with van der Waals surface area (Å²) in [4.78, 5) is 0. The molecule has 2 aromatic rings. The molecule has 5 heteroatoms. The zero-order chi connectivity index (χ0) is 15.7. The van der Waals surface area contributed by atoms with Gasteiger partial charge in [0.25, 0.3) is 0 Å². The van der Waals surface area contributed by atoms with E-state index in [4.69, 9.17) is 14.2 Å². The second kappa shape index (κ2) is 5.77. The number of ether oxygens (including phenoxy) is 3. The third-order valence-corrected chi connectivity index (χ3v) is 3.97. The molecule has 0 bridgehead atoms. The molecule has 0 fully saturated rings. The van der Waals surface area contributed by atoms with E-state index < -0.39 is 0 Å². The number of aromatic hydroxyl groups is 1. The van der Waals surface area contributed by atoms with Crippen LogP contribution in [0.4, 0.5) is 0 Å². The summed E-state index contributed by atoms with van der Waals surface area (Å²) in [5, 5.41) is 19.5. The number of hydrogen-bond acceptors (Lipinski definition) is 5. The molecular weight excluding hydrogens is 284 g/mol. The summed E-state index contributed by atoms with van der Waals surface area (Å²) >= 11 is 0. The van der Waals surface area contributed by atoms with Gasteiger partial charge in [0.15, 0.2) is 23.0 Å². The molecule has 2 atom stereocenters. The second-order valence-electron chi connectivity index (χ2n) is 5.14. The number of aliphatic hydroxyl groups is 1. The van der Waals surface area contributed by atoms with Gasteiger partial charge in [-0.05, 0) is 23.8 Å². The van der Waals surface area contributed by atoms with Gasteiger partial charge in [-0.25, -0.2) is 0 Å². The van der Waals surface area contributed by atoms with Crippen molar-refractivity contribution in [1.82, 2.24) is 0 Å². The maximum absolute atomic E-state index is 9.79. The number of methoxy groups -OCH3 is 2. The first kappa shape index (κ1) is 14.5. The van der Waals surface area contributed by atoms with Crippen LogP contribution in [0, 0.1) is 0 Å². The summed E-state index contributed by atoms with van der Waals surface area (Å²) < 4.78 is 16.5. The smallest absolute Gasteiger partial charge is 0.165 e. The lowest BCUT2D eigenvalue weighted by Crippen LogP contribution is -2.13. The highest BCUT2D eigenvalue weighted by Crippen LogP contribution is 2.50. The van der Waals surface area contributed by atoms with E-state index in [0.29, 0.717) is 17.2 Å². The molecule has 0 saturated carbocycles. The third-order valence-electron chi connectivity index (χ3n) is 3.97. The summed E-state index contributed by atoms with van der Waals surface area (Å²) in [6.45, 7) is -0.0476. The molecular formula is C17H18O5. The lowest BCUT2D eigenvalue weighted by molar-refractivity contribution is 0.157. The minimum Gasteiger partial charge on any atom is -0.504 e. The largest absolute Gasteiger partial charge is 0.504 e. The van der Waals surface area contributed by atoms with Crippen molar-refractivity contribution in [2.45, 2.75) is 12.0 Å². The Morgan fingerprint density at radius 2 is 1.86 bits per heavy atom. The van der Waals surface area contributed by atoms with E-state index in [1.54, 1.807) is 25.3 Å². The number of benzene rings is 2. The van der Waals surface area contributed by atoms with Crippen molar-refractivity contribution in [3.63, 3.8) is 0 Å². The first-order chi connectivity index (χ1) is 10.7. The van der Waals surface area contributed by atoms with Gasteiger partial charge in [0, 0.05) is 5.56 Å². The summed E-state index contributed by atoms with van der Waals surface area (Å²) in [5.41, 5.74) is 1.74. The van der Waals surface area contributed by atoms with Gasteiger partial charge in [-0.1, -0.05) is 18.2 Å². The van der Waals surface area contributed by atoms with Crippen molar-refractivity contribution >= 4 is 0 Å². The molecule has 0 unspecified atom stereocenters. The lowest BCUT2D eigenvalue weighted by atomic mass is 9.91. The normalized spacial score (nSPS) is 19.4. The molecule has 2 N–H and O–H groups in total. The number of rotatable bonds is 4. The van der Waals surface area contributed by atoms with E-state index in [9.17, 15) is 10.2 Å². The minimum absolute atomic E-state index is 0.0476. The fraction of sp³-hybridized carbons (Fsp3) is 0.294. The summed E-state index contributed by atoms with van der Waals surface area (Å²) in [6.07, 6.45) is -0.356. The quantitative estimate of drug-likeness (QED) is 0.908. The van der Waals surface area contributed by atoms with Crippen LogP contribution in [0.25, 0.3) is 0 Å². The van der Waals surface area contributed by atoms with Crippen LogP contribution in [0.3, 0.4) is 0 Å². The number of phenols is 1. The van der Waals surface area contributed by atoms with E-state index in [1.807, 2.05) is 18.2 Å². The fourth-order valence-corrected chi connectivity index (χ4v) is 2.85. The van der Waals surface area contributed by atoms with Crippen LogP contribution < -0.4 is 14.2 Å². The Morgan fingerprint density at radius 1 is 1.09 bits per heavy atom. The van der Waals surface area contributed by atoms with Crippen LogP contribution in [-0.2, 0) is 0 Å². The number of aliphatic hydroxyl groups excluding tert-OH is 1. The fourth-order valence-electron chi connectivity index (χ4n) is 2.85. The Hall–Kier alpha value is -2.40. The third kappa shape index (κ3) is 2.23. The molecule has 116 valence electrons. The summed E-state index contributed by atoms with van der Waals surface area (Å²) in [6, 6.07) is 10.7. The summed E-state index contributed by atoms with van der Waals surface area (Å²) in [7, 11) is 3.08. The number of phenolic OH excluding ortho intramolecular Hbond substituents is 1. The number of fused-ring (bicyclic) bond motifs is 1. The van der Waals surface area contributed by atoms with Gasteiger partial charge in [-0.2, -0.15) is 0 Å². The predicted molar refractivity (Wildman–Crippen MR) is 80.8 cm³/mol. The Balaban J connectivity index is 2.03. The second-order valence-corrected chi connectivity index (χ2v) is 5.14. The van der Waals surface area contributed by atoms with Crippen molar-refractivity contribution in [2.75, 3.05) is 20.8 Å². The van der Waals surface area contributed by atoms with Crippen LogP contribution in [0.15, 0.2) is 36.4 Å². The molecule has 0 saturated heterocycles. The molecule has 0 aromatic heterocycles. The van der Waals surface area contributed by atoms with Gasteiger partial charge in [0.1, 0.15) is 6.10 Å². The minimum atomic E-state index is -0.356. The highest BCUT2D eigenvalue weighted by atomic mass is 16.5. The zero-order valence-electron chi connectivity index (χ0n) is 12.4. The van der Waals surface area contributed by atoms with Crippen LogP contribution in [0.2, 0.25) is 0 Å². The van der Waals surface area contributed by atoms with Crippen LogP contribution in [-0.4, -0.2) is 31.0 Å². The molecule has 0 spiro atoms. The van der Waals surface area contributed by atoms with E-state index in [1.165, 1.54) is 7.11 Å². The first-order valence-electron chi connectivity index (χ1n) is 7.01. The van der Waals surface area contributed by atoms with E-state index in [0.717, 1.165) is 11.1 Å². The van der Waals surface area contributed by atoms with Gasteiger partial charge < -0.3 is 24.4 Å². The highest BCUT2D eigenvalue weighted by molar-refractivity contribution is 5.53. The average molecular weight is 302 g/mol. The molecule has 1 heterocycles. The van der Waals surface area contributed by atoms with Crippen molar-refractivity contribution in [3.8, 4) is 23.0 Å². The molecule has 1 aliphatic heterocycles. The molecule has 3 rings (SSSR count). The first-order valence-corrected chi connectivity index (χ1v) is 7.01. The molecule has 0 radical (unpaired) electrons. The van der Waals surface area contributed by atoms with Gasteiger partial charge in [0.2, 0.25) is 0 Å². The Morgan fingerprint density at radius 3 is 2.55 bits per heavy atom. The van der Waals surface area contributed by atoms with Crippen molar-refractivity contribution in [1.29, 1.82) is 0 Å². The Bertz CT molecular complexity index is 683. The number of hydrogen-bond donors (Lipinski definition) is 2. The average Bonchev–Trinajstić information content (AvgIpc) is 2.93. The van der Waals surface area contributed by atoms with Crippen molar-refractivity contribution in [3.05, 3.63) is 47.5 Å².